The molecular formula is C6H8NO3P. The van der Waals surface area contributed by atoms with E-state index in [0.717, 1.165) is 0 Å². The minimum absolute atomic E-state index is 0. The van der Waals surface area contributed by atoms with E-state index in [4.69, 9.17) is 5.11 Å². The minimum Gasteiger partial charge on any atom is -0.508 e. The Balaban J connectivity index is 0.000001000. The number of rotatable bonds is 1. The Bertz CT molecular complexity index is 247. The zero-order valence-electron chi connectivity index (χ0n) is 5.73. The van der Waals surface area contributed by atoms with Gasteiger partial charge in [0.15, 0.2) is 0 Å². The van der Waals surface area contributed by atoms with Gasteiger partial charge in [0.1, 0.15) is 5.75 Å². The van der Waals surface area contributed by atoms with Crippen LogP contribution < -0.4 is 0 Å². The molecule has 1 unspecified atom stereocenters. The third-order valence-corrected chi connectivity index (χ3v) is 1.06. The number of aromatic hydroxyl groups is 1. The molecule has 0 aliphatic rings. The van der Waals surface area contributed by atoms with Crippen molar-refractivity contribution in [3.63, 3.8) is 0 Å². The number of phenols is 1. The van der Waals surface area contributed by atoms with Gasteiger partial charge in [-0.1, -0.05) is 0 Å². The van der Waals surface area contributed by atoms with E-state index in [1.807, 2.05) is 0 Å². The summed E-state index contributed by atoms with van der Waals surface area (Å²) in [4.78, 5) is 9.52. The van der Waals surface area contributed by atoms with Gasteiger partial charge in [-0.25, -0.2) is 0 Å². The molecule has 1 aromatic rings. The summed E-state index contributed by atoms with van der Waals surface area (Å²) in [6, 6.07) is 5.04. The molecule has 0 saturated carbocycles. The highest BCUT2D eigenvalue weighted by atomic mass is 31.0. The van der Waals surface area contributed by atoms with Gasteiger partial charge in [-0.05, 0) is 12.1 Å². The van der Waals surface area contributed by atoms with Gasteiger partial charge < -0.3 is 5.11 Å². The summed E-state index contributed by atoms with van der Waals surface area (Å²) in [7, 11) is 0. The molecule has 0 fully saturated rings. The molecule has 1 aromatic carbocycles. The SMILES string of the molecule is O=[N+]([O-])c1ccc(O)cc1.P. The summed E-state index contributed by atoms with van der Waals surface area (Å²) in [6.07, 6.45) is 0. The molecule has 0 spiro atoms. The molecule has 5 heteroatoms. The highest BCUT2D eigenvalue weighted by Crippen LogP contribution is 2.14. The number of non-ortho nitro benzene ring substituents is 1. The second kappa shape index (κ2) is 3.88. The van der Waals surface area contributed by atoms with Crippen LogP contribution in [0.5, 0.6) is 5.75 Å². The van der Waals surface area contributed by atoms with Crippen molar-refractivity contribution in [3.05, 3.63) is 34.4 Å². The van der Waals surface area contributed by atoms with Crippen molar-refractivity contribution in [2.45, 2.75) is 0 Å². The van der Waals surface area contributed by atoms with Crippen molar-refractivity contribution in [2.24, 2.45) is 0 Å². The molecule has 0 amide bonds. The van der Waals surface area contributed by atoms with Gasteiger partial charge in [0, 0.05) is 12.1 Å². The molecule has 11 heavy (non-hydrogen) atoms. The minimum atomic E-state index is -0.514. The van der Waals surface area contributed by atoms with E-state index < -0.39 is 4.92 Å². The van der Waals surface area contributed by atoms with Crippen molar-refractivity contribution in [1.82, 2.24) is 0 Å². The average molecular weight is 173 g/mol. The van der Waals surface area contributed by atoms with E-state index in [1.165, 1.54) is 24.3 Å². The zero-order chi connectivity index (χ0) is 7.56. The molecule has 0 aliphatic heterocycles. The maximum absolute atomic E-state index is 10.0. The summed E-state index contributed by atoms with van der Waals surface area (Å²) in [5.74, 6) is 0.0330. The molecule has 0 bridgehead atoms. The van der Waals surface area contributed by atoms with Crippen molar-refractivity contribution in [3.8, 4) is 5.75 Å². The molecule has 1 rings (SSSR count). The van der Waals surface area contributed by atoms with E-state index in [-0.39, 0.29) is 21.3 Å². The first-order valence-corrected chi connectivity index (χ1v) is 2.63. The Labute approximate surface area is 66.6 Å². The van der Waals surface area contributed by atoms with Crippen LogP contribution in [-0.2, 0) is 0 Å². The van der Waals surface area contributed by atoms with Crippen LogP contribution in [0.4, 0.5) is 5.69 Å². The van der Waals surface area contributed by atoms with Crippen molar-refractivity contribution < 1.29 is 10.0 Å². The first-order chi connectivity index (χ1) is 4.70. The lowest BCUT2D eigenvalue weighted by Gasteiger charge is -1.89. The summed E-state index contributed by atoms with van der Waals surface area (Å²) in [5.41, 5.74) is -0.0159. The fourth-order valence-corrected chi connectivity index (χ4v) is 0.574. The Morgan fingerprint density at radius 1 is 1.27 bits per heavy atom. The lowest BCUT2D eigenvalue weighted by molar-refractivity contribution is -0.384. The molecule has 60 valence electrons. The summed E-state index contributed by atoms with van der Waals surface area (Å²) >= 11 is 0. The molecule has 4 nitrogen and oxygen atoms in total. The third kappa shape index (κ3) is 2.51. The highest BCUT2D eigenvalue weighted by Gasteiger charge is 2.01. The molecule has 0 heterocycles. The van der Waals surface area contributed by atoms with Crippen LogP contribution in [0.3, 0.4) is 0 Å². The van der Waals surface area contributed by atoms with Crippen LogP contribution in [0.15, 0.2) is 24.3 Å². The van der Waals surface area contributed by atoms with E-state index in [0.29, 0.717) is 0 Å². The number of nitrogens with zero attached hydrogens (tertiary/aromatic N) is 1. The average Bonchev–Trinajstić information content (AvgIpc) is 1.88. The van der Waals surface area contributed by atoms with Crippen LogP contribution in [-0.4, -0.2) is 10.0 Å². The quantitative estimate of drug-likeness (QED) is 0.396. The predicted molar refractivity (Wildman–Crippen MR) is 45.9 cm³/mol. The lowest BCUT2D eigenvalue weighted by Crippen LogP contribution is -1.85. The van der Waals surface area contributed by atoms with E-state index in [9.17, 15) is 10.1 Å². The van der Waals surface area contributed by atoms with Gasteiger partial charge in [-0.3, -0.25) is 10.1 Å². The Hall–Kier alpha value is -1.15. The summed E-state index contributed by atoms with van der Waals surface area (Å²) in [5, 5.41) is 18.8. The number of phenolic OH excluding ortho intramolecular Hbond substituents is 1. The molecule has 0 aromatic heterocycles. The first-order valence-electron chi connectivity index (χ1n) is 2.63. The summed E-state index contributed by atoms with van der Waals surface area (Å²) in [6.45, 7) is 0. The fraction of sp³-hybridized carbons (Fsp3) is 0. The standard InChI is InChI=1S/C6H5NO3.H3P/c8-6-3-1-5(2-4-6)7(9)10;/h1-4,8H;1H3. The number of benzene rings is 1. The number of nitro benzene ring substituents is 1. The van der Waals surface area contributed by atoms with Gasteiger partial charge in [0.05, 0.1) is 4.92 Å². The highest BCUT2D eigenvalue weighted by molar-refractivity contribution is 6.92. The first kappa shape index (κ1) is 9.85. The maximum Gasteiger partial charge on any atom is 0.269 e. The third-order valence-electron chi connectivity index (χ3n) is 1.06. The molecule has 0 saturated heterocycles. The van der Waals surface area contributed by atoms with Gasteiger partial charge in [0.2, 0.25) is 0 Å². The van der Waals surface area contributed by atoms with Crippen LogP contribution in [0.1, 0.15) is 0 Å². The van der Waals surface area contributed by atoms with Crippen molar-refractivity contribution >= 4 is 15.6 Å². The Morgan fingerprint density at radius 2 is 1.73 bits per heavy atom. The van der Waals surface area contributed by atoms with Crippen molar-refractivity contribution in [1.29, 1.82) is 0 Å². The van der Waals surface area contributed by atoms with Crippen LogP contribution in [0, 0.1) is 10.1 Å². The normalized spacial score (nSPS) is 8.36. The number of nitro groups is 1. The van der Waals surface area contributed by atoms with Gasteiger partial charge >= 0.3 is 0 Å². The van der Waals surface area contributed by atoms with Crippen LogP contribution in [0.2, 0.25) is 0 Å². The Kier molecular flexibility index (Phi) is 3.48. The molecule has 1 N–H and O–H groups in total. The van der Waals surface area contributed by atoms with Gasteiger partial charge in [0.25, 0.3) is 5.69 Å². The maximum atomic E-state index is 10.0. The predicted octanol–water partition coefficient (Wildman–Crippen LogP) is 1.36. The van der Waals surface area contributed by atoms with Gasteiger partial charge in [-0.2, -0.15) is 9.90 Å². The topological polar surface area (TPSA) is 63.4 Å². The second-order valence-corrected chi connectivity index (χ2v) is 1.77. The van der Waals surface area contributed by atoms with Crippen molar-refractivity contribution in [2.75, 3.05) is 0 Å². The molecule has 1 atom stereocenters. The van der Waals surface area contributed by atoms with Crippen LogP contribution in [0.25, 0.3) is 0 Å². The smallest absolute Gasteiger partial charge is 0.269 e. The van der Waals surface area contributed by atoms with E-state index in [2.05, 4.69) is 0 Å². The summed E-state index contributed by atoms with van der Waals surface area (Å²) < 4.78 is 0. The Morgan fingerprint density at radius 3 is 2.09 bits per heavy atom. The van der Waals surface area contributed by atoms with E-state index >= 15 is 0 Å². The zero-order valence-corrected chi connectivity index (χ0v) is 7.14. The fourth-order valence-electron chi connectivity index (χ4n) is 0.574. The lowest BCUT2D eigenvalue weighted by atomic mass is 10.3. The monoisotopic (exact) mass is 173 g/mol. The van der Waals surface area contributed by atoms with Gasteiger partial charge in [-0.15, -0.1) is 0 Å². The number of hydrogen-bond donors (Lipinski definition) is 1. The number of hydrogen-bond acceptors (Lipinski definition) is 3. The van der Waals surface area contributed by atoms with Crippen LogP contribution >= 0.6 is 9.90 Å². The second-order valence-electron chi connectivity index (χ2n) is 1.77. The largest absolute Gasteiger partial charge is 0.508 e. The molecule has 0 radical (unpaired) electrons. The van der Waals surface area contributed by atoms with E-state index in [1.54, 1.807) is 0 Å². The molecule has 0 aliphatic carbocycles. The molecular weight excluding hydrogens is 165 g/mol.